The van der Waals surface area contributed by atoms with Gasteiger partial charge >= 0.3 is 6.03 Å². The summed E-state index contributed by atoms with van der Waals surface area (Å²) >= 11 is 11.8. The van der Waals surface area contributed by atoms with E-state index in [9.17, 15) is 9.59 Å². The van der Waals surface area contributed by atoms with Crippen molar-refractivity contribution in [3.63, 3.8) is 0 Å². The summed E-state index contributed by atoms with van der Waals surface area (Å²) in [6, 6.07) is 15.1. The molecule has 0 bridgehead atoms. The summed E-state index contributed by atoms with van der Waals surface area (Å²) in [5.41, 5.74) is 3.04. The molecule has 8 nitrogen and oxygen atoms in total. The number of anilines is 4. The molecule has 0 spiro atoms. The number of hydrogen-bond acceptors (Lipinski definition) is 5. The number of hydrogen-bond donors (Lipinski definition) is 3. The Hall–Kier alpha value is -2.52. The molecule has 0 radical (unpaired) electrons. The summed E-state index contributed by atoms with van der Waals surface area (Å²) in [4.78, 5) is 32.3. The first-order valence-corrected chi connectivity index (χ1v) is 16.0. The van der Waals surface area contributed by atoms with Crippen molar-refractivity contribution in [2.75, 3.05) is 78.4 Å². The van der Waals surface area contributed by atoms with Crippen molar-refractivity contribution in [1.29, 1.82) is 0 Å². The van der Waals surface area contributed by atoms with Crippen LogP contribution in [0.1, 0.15) is 44.9 Å². The number of piperidine rings is 2. The number of nitrogens with zero attached hydrogens (tertiary/aromatic N) is 3. The van der Waals surface area contributed by atoms with Crippen LogP contribution in [-0.4, -0.2) is 85.4 Å². The molecule has 2 fully saturated rings. The second-order valence-corrected chi connectivity index (χ2v) is 11.6. The highest BCUT2D eigenvalue weighted by Crippen LogP contribution is 2.22. The van der Waals surface area contributed by atoms with Crippen molar-refractivity contribution in [2.45, 2.75) is 51.0 Å². The molecule has 0 unspecified atom stereocenters. The molecule has 2 aliphatic rings. The molecule has 2 aromatic rings. The first kappa shape index (κ1) is 31.4. The van der Waals surface area contributed by atoms with Gasteiger partial charge in [-0.05, 0) is 113 Å². The smallest absolute Gasteiger partial charge is 0.323 e. The van der Waals surface area contributed by atoms with Crippen LogP contribution in [0.25, 0.3) is 0 Å². The van der Waals surface area contributed by atoms with Crippen LogP contribution in [0.4, 0.5) is 27.5 Å². The molecule has 0 aromatic heterocycles. The topological polar surface area (TPSA) is 80.0 Å². The van der Waals surface area contributed by atoms with Crippen LogP contribution in [0.5, 0.6) is 0 Å². The lowest BCUT2D eigenvalue weighted by Gasteiger charge is -2.40. The van der Waals surface area contributed by atoms with E-state index in [2.05, 4.69) is 30.7 Å². The number of benzene rings is 2. The lowest BCUT2D eigenvalue weighted by atomic mass is 10.00. The third kappa shape index (κ3) is 10.4. The molecule has 2 saturated heterocycles. The van der Waals surface area contributed by atoms with Crippen molar-refractivity contribution >= 4 is 57.9 Å². The van der Waals surface area contributed by atoms with Crippen molar-refractivity contribution < 1.29 is 9.59 Å². The first-order valence-electron chi connectivity index (χ1n) is 15.0. The normalized spacial score (nSPS) is 16.7. The van der Waals surface area contributed by atoms with Crippen LogP contribution in [0.15, 0.2) is 48.5 Å². The van der Waals surface area contributed by atoms with Crippen molar-refractivity contribution in [3.8, 4) is 0 Å². The fourth-order valence-corrected chi connectivity index (χ4v) is 6.15. The van der Waals surface area contributed by atoms with E-state index < -0.39 is 0 Å². The highest BCUT2D eigenvalue weighted by atomic mass is 35.5. The third-order valence-corrected chi connectivity index (χ3v) is 8.31. The molecule has 2 aliphatic heterocycles. The van der Waals surface area contributed by atoms with Crippen molar-refractivity contribution in [2.24, 2.45) is 0 Å². The number of nitrogens with one attached hydrogen (secondary N) is 3. The molecule has 10 heteroatoms. The number of likely N-dealkylation sites (tertiary alicyclic amines) is 2. The molecule has 0 saturated carbocycles. The van der Waals surface area contributed by atoms with E-state index in [0.717, 1.165) is 43.5 Å². The summed E-state index contributed by atoms with van der Waals surface area (Å²) in [6.07, 6.45) is 7.95. The van der Waals surface area contributed by atoms with Crippen LogP contribution in [0.3, 0.4) is 0 Å². The van der Waals surface area contributed by atoms with Crippen LogP contribution >= 0.6 is 23.2 Å². The summed E-state index contributed by atoms with van der Waals surface area (Å²) in [7, 11) is 0. The SMILES string of the molecule is O=C(CCCN1CCC(N2CCCCC2)CC1)Nc1ccc(NC(=O)Nc2ccc(N(CCCl)CCCl)cc2)cc1. The van der Waals surface area contributed by atoms with Gasteiger partial charge in [-0.1, -0.05) is 6.42 Å². The van der Waals surface area contributed by atoms with Gasteiger partial charge < -0.3 is 30.7 Å². The van der Waals surface area contributed by atoms with Gasteiger partial charge in [0.25, 0.3) is 0 Å². The zero-order chi connectivity index (χ0) is 28.9. The minimum Gasteiger partial charge on any atom is -0.369 e. The van der Waals surface area contributed by atoms with Gasteiger partial charge in [-0.2, -0.15) is 0 Å². The van der Waals surface area contributed by atoms with Gasteiger partial charge in [0.15, 0.2) is 0 Å². The fourth-order valence-electron chi connectivity index (χ4n) is 5.74. The maximum Gasteiger partial charge on any atom is 0.323 e. The quantitative estimate of drug-likeness (QED) is 0.235. The van der Waals surface area contributed by atoms with E-state index in [1.807, 2.05) is 24.3 Å². The number of urea groups is 1. The van der Waals surface area contributed by atoms with E-state index in [-0.39, 0.29) is 11.9 Å². The molecule has 0 atom stereocenters. The molecular formula is C31H44Cl2N6O2. The maximum atomic E-state index is 12.5. The van der Waals surface area contributed by atoms with Crippen molar-refractivity contribution in [1.82, 2.24) is 9.80 Å². The van der Waals surface area contributed by atoms with Crippen LogP contribution in [0.2, 0.25) is 0 Å². The van der Waals surface area contributed by atoms with Crippen LogP contribution in [-0.2, 0) is 4.79 Å². The van der Waals surface area contributed by atoms with Gasteiger partial charge in [-0.25, -0.2) is 4.79 Å². The average Bonchev–Trinajstić information content (AvgIpc) is 2.99. The van der Waals surface area contributed by atoms with Gasteiger partial charge in [0, 0.05) is 60.1 Å². The monoisotopic (exact) mass is 602 g/mol. The average molecular weight is 604 g/mol. The first-order chi connectivity index (χ1) is 20.0. The van der Waals surface area contributed by atoms with Gasteiger partial charge in [-0.15, -0.1) is 23.2 Å². The summed E-state index contributed by atoms with van der Waals surface area (Å²) in [5.74, 6) is 1.05. The number of amides is 3. The predicted octanol–water partition coefficient (Wildman–Crippen LogP) is 6.28. The Kier molecular flexibility index (Phi) is 12.9. The van der Waals surface area contributed by atoms with Gasteiger partial charge in [-0.3, -0.25) is 4.79 Å². The van der Waals surface area contributed by atoms with E-state index in [0.29, 0.717) is 42.6 Å². The number of carbonyl (C=O) groups excluding carboxylic acids is 2. The third-order valence-electron chi connectivity index (χ3n) is 7.97. The van der Waals surface area contributed by atoms with Crippen LogP contribution in [0, 0.1) is 0 Å². The molecule has 3 amide bonds. The molecular weight excluding hydrogens is 559 g/mol. The molecule has 2 aromatic carbocycles. The fraction of sp³-hybridized carbons (Fsp3) is 0.548. The molecule has 224 valence electrons. The minimum atomic E-state index is -0.340. The Morgan fingerprint density at radius 3 is 1.85 bits per heavy atom. The zero-order valence-corrected chi connectivity index (χ0v) is 25.4. The predicted molar refractivity (Wildman–Crippen MR) is 172 cm³/mol. The molecule has 4 rings (SSSR count). The summed E-state index contributed by atoms with van der Waals surface area (Å²) in [5, 5.41) is 8.64. The molecule has 41 heavy (non-hydrogen) atoms. The lowest BCUT2D eigenvalue weighted by Crippen LogP contribution is -2.46. The second-order valence-electron chi connectivity index (χ2n) is 10.9. The number of alkyl halides is 2. The Labute approximate surface area is 254 Å². The lowest BCUT2D eigenvalue weighted by molar-refractivity contribution is -0.116. The molecule has 2 heterocycles. The van der Waals surface area contributed by atoms with Gasteiger partial charge in [0.1, 0.15) is 0 Å². The Balaban J connectivity index is 1.12. The number of halogens is 2. The van der Waals surface area contributed by atoms with Gasteiger partial charge in [0.05, 0.1) is 0 Å². The number of rotatable bonds is 13. The Morgan fingerprint density at radius 2 is 1.29 bits per heavy atom. The van der Waals surface area contributed by atoms with Crippen LogP contribution < -0.4 is 20.9 Å². The standard InChI is InChI=1S/C31H44Cl2N6O2/c32-16-23-39(24-17-33)28-12-10-27(11-13-28)36-31(41)35-26-8-6-25(7-9-26)34-30(40)5-4-18-37-21-14-29(15-22-37)38-19-2-1-3-20-38/h6-13,29H,1-5,14-24H2,(H,34,40)(H2,35,36,41). The summed E-state index contributed by atoms with van der Waals surface area (Å²) in [6.45, 7) is 7.20. The highest BCUT2D eigenvalue weighted by Gasteiger charge is 2.25. The Morgan fingerprint density at radius 1 is 0.756 bits per heavy atom. The summed E-state index contributed by atoms with van der Waals surface area (Å²) < 4.78 is 0. The molecule has 0 aliphatic carbocycles. The van der Waals surface area contributed by atoms with Crippen molar-refractivity contribution in [3.05, 3.63) is 48.5 Å². The number of carbonyl (C=O) groups is 2. The molecule has 3 N–H and O–H groups in total. The minimum absolute atomic E-state index is 0.0192. The van der Waals surface area contributed by atoms with E-state index in [1.54, 1.807) is 24.3 Å². The Bertz CT molecular complexity index is 1070. The highest BCUT2D eigenvalue weighted by molar-refractivity contribution is 6.18. The van der Waals surface area contributed by atoms with E-state index in [4.69, 9.17) is 23.2 Å². The largest absolute Gasteiger partial charge is 0.369 e. The second kappa shape index (κ2) is 16.8. The van der Waals surface area contributed by atoms with Gasteiger partial charge in [0.2, 0.25) is 5.91 Å². The maximum absolute atomic E-state index is 12.5. The zero-order valence-electron chi connectivity index (χ0n) is 23.9. The van der Waals surface area contributed by atoms with E-state index in [1.165, 1.54) is 45.2 Å². The van der Waals surface area contributed by atoms with E-state index >= 15 is 0 Å².